The molecule has 20 heteroatoms. The number of primary amides is 2. The summed E-state index contributed by atoms with van der Waals surface area (Å²) in [5, 5.41) is 19.3. The van der Waals surface area contributed by atoms with E-state index < -0.39 is 53.9 Å². The third-order valence-corrected chi connectivity index (χ3v) is 9.82. The van der Waals surface area contributed by atoms with E-state index in [1.54, 1.807) is 30.3 Å². The van der Waals surface area contributed by atoms with Crippen LogP contribution in [0.25, 0.3) is 0 Å². The lowest BCUT2D eigenvalue weighted by Crippen LogP contribution is -2.54. The molecule has 0 aliphatic carbocycles. The SMILES string of the molecule is CC[C@H](C)[C@H](N)C(=O)N[C@@H](Cc1ccccc1)C(N)=O.CN.CNC(=O)CN1CCCC(NC(=O)CCCCC(C)=O)C1=O.NC(=O)C[C@H](N)C(=O)N[C@@H](Cc1ccccc1)C(=O)O. The average molecular weight is 899 g/mol. The Morgan fingerprint density at radius 3 is 1.78 bits per heavy atom. The zero-order valence-electron chi connectivity index (χ0n) is 37.7. The molecule has 2 aromatic rings. The van der Waals surface area contributed by atoms with Crippen molar-refractivity contribution in [2.75, 3.05) is 27.2 Å². The molecule has 0 bridgehead atoms. The lowest BCUT2D eigenvalue weighted by atomic mass is 9.98. The molecular formula is C44H70N10O10. The molecule has 6 atom stereocenters. The Morgan fingerprint density at radius 1 is 0.797 bits per heavy atom. The molecule has 0 saturated carbocycles. The maximum atomic E-state index is 12.2. The van der Waals surface area contributed by atoms with Gasteiger partial charge in [0.1, 0.15) is 23.9 Å². The molecule has 1 aliphatic heterocycles. The minimum atomic E-state index is -1.17. The number of likely N-dealkylation sites (tertiary alicyclic amines) is 1. The van der Waals surface area contributed by atoms with Crippen LogP contribution in [0.4, 0.5) is 0 Å². The molecule has 0 radical (unpaired) electrons. The molecule has 0 spiro atoms. The summed E-state index contributed by atoms with van der Waals surface area (Å²) >= 11 is 0. The van der Waals surface area contributed by atoms with Gasteiger partial charge in [-0.25, -0.2) is 4.79 Å². The highest BCUT2D eigenvalue weighted by Crippen LogP contribution is 2.13. The highest BCUT2D eigenvalue weighted by molar-refractivity contribution is 5.92. The van der Waals surface area contributed by atoms with Crippen molar-refractivity contribution in [2.45, 2.75) is 115 Å². The second-order valence-electron chi connectivity index (χ2n) is 15.0. The molecule has 15 N–H and O–H groups in total. The number of carboxylic acid groups (broad SMARTS) is 1. The monoisotopic (exact) mass is 899 g/mol. The number of nitrogens with zero attached hydrogens (tertiary/aromatic N) is 1. The van der Waals surface area contributed by atoms with Gasteiger partial charge in [-0.1, -0.05) is 80.9 Å². The van der Waals surface area contributed by atoms with Crippen molar-refractivity contribution in [2.24, 2.45) is 34.6 Å². The number of hydrogen-bond donors (Lipinski definition) is 10. The maximum absolute atomic E-state index is 12.2. The molecule has 1 fully saturated rings. The second-order valence-corrected chi connectivity index (χ2v) is 15.0. The molecule has 356 valence electrons. The van der Waals surface area contributed by atoms with Gasteiger partial charge < -0.3 is 64.7 Å². The van der Waals surface area contributed by atoms with Crippen LogP contribution in [0.5, 0.6) is 0 Å². The first-order chi connectivity index (χ1) is 30.3. The van der Waals surface area contributed by atoms with Crippen LogP contribution in [0.15, 0.2) is 60.7 Å². The van der Waals surface area contributed by atoms with Crippen molar-refractivity contribution in [3.8, 4) is 0 Å². The van der Waals surface area contributed by atoms with Gasteiger partial charge in [-0.2, -0.15) is 0 Å². The van der Waals surface area contributed by atoms with Crippen molar-refractivity contribution in [1.29, 1.82) is 0 Å². The minimum absolute atomic E-state index is 0.0281. The Bertz CT molecular complexity index is 1780. The Kier molecular flexibility index (Phi) is 29.3. The molecule has 1 unspecified atom stereocenters. The fourth-order valence-corrected chi connectivity index (χ4v) is 5.90. The van der Waals surface area contributed by atoms with Crippen molar-refractivity contribution in [1.82, 2.24) is 26.2 Å². The molecule has 1 aliphatic rings. The van der Waals surface area contributed by atoms with Gasteiger partial charge in [-0.05, 0) is 56.7 Å². The van der Waals surface area contributed by atoms with Crippen LogP contribution in [-0.2, 0) is 56.0 Å². The lowest BCUT2D eigenvalue weighted by molar-refractivity contribution is -0.142. The van der Waals surface area contributed by atoms with E-state index in [4.69, 9.17) is 28.0 Å². The standard InChI is InChI=1S/C15H25N3O4.C15H23N3O2.C13H17N3O4.CH5N/c1-11(19)6-3-4-8-13(20)17-12-7-5-9-18(15(12)22)10-14(21)16-2;1-3-10(2)13(16)15(20)18-12(14(17)19)9-11-7-5-4-6-8-11;14-9(7-11(15)17)12(18)16-10(13(19)20)6-8-4-2-1-3-5-8;1-2/h12H,3-10H2,1-2H3,(H,16,21)(H,17,20);4-8,10,12-13H,3,9,16H2,1-2H3,(H2,17,19)(H,18,20);1-5,9-10H,6-7,14H2,(H2,15,17)(H,16,18)(H,19,20);2H2,1H3/t;10-,12-,13-;9-,10-;/m.00./s1. The topological polar surface area (TPSA) is 355 Å². The molecule has 2 aromatic carbocycles. The number of benzene rings is 2. The molecule has 7 amide bonds. The van der Waals surface area contributed by atoms with Crippen LogP contribution >= 0.6 is 0 Å². The number of carboxylic acids is 1. The lowest BCUT2D eigenvalue weighted by Gasteiger charge is -2.32. The number of carbonyl (C=O) groups excluding carboxylic acids is 8. The fraction of sp³-hybridized carbons (Fsp3) is 0.523. The average Bonchev–Trinajstić information content (AvgIpc) is 3.26. The summed E-state index contributed by atoms with van der Waals surface area (Å²) in [4.78, 5) is 105. The fourth-order valence-electron chi connectivity index (χ4n) is 5.90. The molecule has 1 heterocycles. The first-order valence-corrected chi connectivity index (χ1v) is 21.1. The third kappa shape index (κ3) is 24.4. The number of Topliss-reactive ketones (excluding diaryl/α,β-unsaturated/α-hetero) is 1. The summed E-state index contributed by atoms with van der Waals surface area (Å²) in [5.41, 5.74) is 27.8. The van der Waals surface area contributed by atoms with Crippen molar-refractivity contribution in [3.05, 3.63) is 71.8 Å². The number of rotatable bonds is 22. The van der Waals surface area contributed by atoms with Crippen LogP contribution < -0.4 is 49.9 Å². The largest absolute Gasteiger partial charge is 0.480 e. The Morgan fingerprint density at radius 2 is 1.31 bits per heavy atom. The van der Waals surface area contributed by atoms with E-state index in [1.807, 2.05) is 44.2 Å². The molecule has 20 nitrogen and oxygen atoms in total. The van der Waals surface area contributed by atoms with Gasteiger partial charge in [-0.15, -0.1) is 0 Å². The molecule has 1 saturated heterocycles. The van der Waals surface area contributed by atoms with E-state index in [2.05, 4.69) is 27.0 Å². The van der Waals surface area contributed by atoms with Crippen LogP contribution in [0.1, 0.15) is 83.3 Å². The normalized spacial score (nSPS) is 15.2. The van der Waals surface area contributed by atoms with Crippen LogP contribution in [0.3, 0.4) is 0 Å². The van der Waals surface area contributed by atoms with E-state index in [-0.39, 0.29) is 54.7 Å². The predicted octanol–water partition coefficient (Wildman–Crippen LogP) is -0.862. The number of unbranched alkanes of at least 4 members (excludes halogenated alkanes) is 1. The van der Waals surface area contributed by atoms with Gasteiger partial charge in [0.15, 0.2) is 0 Å². The van der Waals surface area contributed by atoms with Gasteiger partial charge in [0, 0.05) is 39.3 Å². The van der Waals surface area contributed by atoms with Crippen LogP contribution in [-0.4, -0.2) is 121 Å². The summed E-state index contributed by atoms with van der Waals surface area (Å²) < 4.78 is 0. The van der Waals surface area contributed by atoms with E-state index in [1.165, 1.54) is 25.9 Å². The number of aliphatic carboxylic acids is 1. The number of carbonyl (C=O) groups is 9. The zero-order valence-corrected chi connectivity index (χ0v) is 37.7. The van der Waals surface area contributed by atoms with Gasteiger partial charge in [0.25, 0.3) is 0 Å². The Balaban J connectivity index is 0.000000913. The molecule has 3 rings (SSSR count). The summed E-state index contributed by atoms with van der Waals surface area (Å²) in [5.74, 6) is -3.92. The van der Waals surface area contributed by atoms with E-state index in [9.17, 15) is 43.2 Å². The van der Waals surface area contributed by atoms with Gasteiger partial charge in [0.2, 0.25) is 41.4 Å². The van der Waals surface area contributed by atoms with Gasteiger partial charge in [0.05, 0.1) is 25.0 Å². The van der Waals surface area contributed by atoms with Crippen molar-refractivity contribution >= 4 is 53.1 Å². The van der Waals surface area contributed by atoms with Gasteiger partial charge >= 0.3 is 5.97 Å². The number of nitrogens with one attached hydrogen (secondary N) is 4. The number of amides is 7. The number of piperidine rings is 1. The minimum Gasteiger partial charge on any atom is -0.480 e. The quantitative estimate of drug-likeness (QED) is 0.0644. The van der Waals surface area contributed by atoms with Crippen molar-refractivity contribution < 1.29 is 48.3 Å². The second kappa shape index (κ2) is 32.4. The highest BCUT2D eigenvalue weighted by Gasteiger charge is 2.31. The summed E-state index contributed by atoms with van der Waals surface area (Å²) in [6, 6.07) is 14.1. The number of ketones is 1. The summed E-state index contributed by atoms with van der Waals surface area (Å²) in [6.45, 7) is 5.97. The van der Waals surface area contributed by atoms with E-state index >= 15 is 0 Å². The van der Waals surface area contributed by atoms with Crippen molar-refractivity contribution in [3.63, 3.8) is 0 Å². The smallest absolute Gasteiger partial charge is 0.326 e. The van der Waals surface area contributed by atoms with Crippen LogP contribution in [0.2, 0.25) is 0 Å². The third-order valence-electron chi connectivity index (χ3n) is 9.82. The molecule has 64 heavy (non-hydrogen) atoms. The number of likely N-dealkylation sites (N-methyl/N-ethyl adjacent to an activating group) is 1. The molecular weight excluding hydrogens is 829 g/mol. The molecule has 0 aromatic heterocycles. The number of nitrogens with two attached hydrogens (primary N) is 5. The summed E-state index contributed by atoms with van der Waals surface area (Å²) in [6.07, 6.45) is 4.44. The Labute approximate surface area is 375 Å². The maximum Gasteiger partial charge on any atom is 0.326 e. The summed E-state index contributed by atoms with van der Waals surface area (Å²) in [7, 11) is 3.02. The van der Waals surface area contributed by atoms with E-state index in [0.29, 0.717) is 45.1 Å². The van der Waals surface area contributed by atoms with Crippen LogP contribution in [0, 0.1) is 5.92 Å². The predicted molar refractivity (Wildman–Crippen MR) is 241 cm³/mol. The highest BCUT2D eigenvalue weighted by atomic mass is 16.4. The first kappa shape index (κ1) is 57.8. The Hall–Kier alpha value is -6.25. The number of hydrogen-bond acceptors (Lipinski definition) is 12. The van der Waals surface area contributed by atoms with E-state index in [0.717, 1.165) is 24.0 Å². The van der Waals surface area contributed by atoms with Gasteiger partial charge in [-0.3, -0.25) is 33.6 Å². The first-order valence-electron chi connectivity index (χ1n) is 21.1. The zero-order chi connectivity index (χ0) is 48.8.